The monoisotopic (exact) mass is 277 g/mol. The van der Waals surface area contributed by atoms with E-state index in [9.17, 15) is 4.39 Å². The van der Waals surface area contributed by atoms with Gasteiger partial charge in [-0.25, -0.2) is 4.39 Å². The van der Waals surface area contributed by atoms with E-state index in [2.05, 4.69) is 10.4 Å². The van der Waals surface area contributed by atoms with Gasteiger partial charge in [0.1, 0.15) is 0 Å². The lowest BCUT2D eigenvalue weighted by Crippen LogP contribution is -2.14. The summed E-state index contributed by atoms with van der Waals surface area (Å²) in [5.74, 6) is 0.0287. The summed E-state index contributed by atoms with van der Waals surface area (Å²) >= 11 is 0. The molecule has 1 heterocycles. The normalized spacial score (nSPS) is 10.8. The fourth-order valence-electron chi connectivity index (χ4n) is 2.02. The van der Waals surface area contributed by atoms with Crippen molar-refractivity contribution in [3.05, 3.63) is 47.5 Å². The molecule has 108 valence electrons. The highest BCUT2D eigenvalue weighted by molar-refractivity contribution is 5.35. The van der Waals surface area contributed by atoms with Crippen LogP contribution >= 0.6 is 0 Å². The molecule has 0 saturated carbocycles. The topological polar surface area (TPSA) is 39.1 Å². The van der Waals surface area contributed by atoms with Gasteiger partial charge in [0.15, 0.2) is 11.6 Å². The van der Waals surface area contributed by atoms with Crippen LogP contribution in [-0.2, 0) is 20.0 Å². The summed E-state index contributed by atoms with van der Waals surface area (Å²) < 4.78 is 21.3. The Morgan fingerprint density at radius 3 is 2.90 bits per heavy atom. The van der Waals surface area contributed by atoms with Gasteiger partial charge < -0.3 is 10.1 Å². The van der Waals surface area contributed by atoms with Gasteiger partial charge in [-0.15, -0.1) is 0 Å². The SMILES string of the molecule is CCNCc1cccc(F)c1OCCc1ccnn1C. The summed E-state index contributed by atoms with van der Waals surface area (Å²) in [6, 6.07) is 6.94. The molecule has 0 radical (unpaired) electrons. The number of para-hydroxylation sites is 1. The molecule has 1 aromatic carbocycles. The van der Waals surface area contributed by atoms with Crippen LogP contribution in [0, 0.1) is 5.82 Å². The fourth-order valence-corrected chi connectivity index (χ4v) is 2.02. The Hall–Kier alpha value is -1.88. The molecule has 0 bridgehead atoms. The van der Waals surface area contributed by atoms with Crippen LogP contribution in [0.1, 0.15) is 18.2 Å². The van der Waals surface area contributed by atoms with E-state index in [4.69, 9.17) is 4.74 Å². The highest BCUT2D eigenvalue weighted by Crippen LogP contribution is 2.22. The van der Waals surface area contributed by atoms with E-state index >= 15 is 0 Å². The van der Waals surface area contributed by atoms with Crippen molar-refractivity contribution in [2.24, 2.45) is 7.05 Å². The Morgan fingerprint density at radius 1 is 1.35 bits per heavy atom. The number of ether oxygens (including phenoxy) is 1. The molecule has 0 saturated heterocycles. The predicted molar refractivity (Wildman–Crippen MR) is 76.2 cm³/mol. The quantitative estimate of drug-likeness (QED) is 0.844. The summed E-state index contributed by atoms with van der Waals surface area (Å²) in [6.07, 6.45) is 2.44. The number of nitrogens with zero attached hydrogens (tertiary/aromatic N) is 2. The summed E-state index contributed by atoms with van der Waals surface area (Å²) in [5.41, 5.74) is 1.91. The van der Waals surface area contributed by atoms with E-state index in [1.54, 1.807) is 16.9 Å². The molecule has 1 N–H and O–H groups in total. The van der Waals surface area contributed by atoms with Crippen LogP contribution in [0.15, 0.2) is 30.5 Å². The minimum atomic E-state index is -0.314. The van der Waals surface area contributed by atoms with Crippen molar-refractivity contribution in [2.75, 3.05) is 13.2 Å². The first-order valence-electron chi connectivity index (χ1n) is 6.80. The predicted octanol–water partition coefficient (Wildman–Crippen LogP) is 2.29. The Bertz CT molecular complexity index is 554. The summed E-state index contributed by atoms with van der Waals surface area (Å²) in [6.45, 7) is 3.89. The zero-order valence-corrected chi connectivity index (χ0v) is 11.9. The lowest BCUT2D eigenvalue weighted by atomic mass is 10.2. The van der Waals surface area contributed by atoms with Crippen LogP contribution in [0.25, 0.3) is 0 Å². The van der Waals surface area contributed by atoms with Crippen molar-refractivity contribution in [1.82, 2.24) is 15.1 Å². The zero-order valence-electron chi connectivity index (χ0n) is 11.9. The van der Waals surface area contributed by atoms with Gasteiger partial charge in [0, 0.05) is 37.5 Å². The van der Waals surface area contributed by atoms with E-state index in [1.807, 2.05) is 26.1 Å². The molecular formula is C15H20FN3O. The first-order chi connectivity index (χ1) is 9.72. The first-order valence-corrected chi connectivity index (χ1v) is 6.80. The van der Waals surface area contributed by atoms with Crippen LogP contribution in [0.2, 0.25) is 0 Å². The minimum absolute atomic E-state index is 0.314. The number of halogens is 1. The van der Waals surface area contributed by atoms with Crippen molar-refractivity contribution in [2.45, 2.75) is 19.9 Å². The van der Waals surface area contributed by atoms with E-state index in [-0.39, 0.29) is 5.82 Å². The third-order valence-corrected chi connectivity index (χ3v) is 3.14. The minimum Gasteiger partial charge on any atom is -0.490 e. The van der Waals surface area contributed by atoms with Gasteiger partial charge in [-0.05, 0) is 18.7 Å². The molecule has 0 spiro atoms. The molecular weight excluding hydrogens is 257 g/mol. The van der Waals surface area contributed by atoms with E-state index in [0.29, 0.717) is 25.3 Å². The second kappa shape index (κ2) is 7.05. The Balaban J connectivity index is 1.99. The van der Waals surface area contributed by atoms with Crippen molar-refractivity contribution >= 4 is 0 Å². The van der Waals surface area contributed by atoms with Crippen molar-refractivity contribution in [1.29, 1.82) is 0 Å². The fraction of sp³-hybridized carbons (Fsp3) is 0.400. The number of rotatable bonds is 7. The molecule has 2 rings (SSSR count). The Kier molecular flexibility index (Phi) is 5.12. The lowest BCUT2D eigenvalue weighted by molar-refractivity contribution is 0.298. The second-order valence-corrected chi connectivity index (χ2v) is 4.55. The largest absolute Gasteiger partial charge is 0.490 e. The standard InChI is InChI=1S/C15H20FN3O/c1-3-17-11-12-5-4-6-14(16)15(12)20-10-8-13-7-9-18-19(13)2/h4-7,9,17H,3,8,10-11H2,1-2H3. The smallest absolute Gasteiger partial charge is 0.165 e. The van der Waals surface area contributed by atoms with Crippen LogP contribution in [-0.4, -0.2) is 22.9 Å². The van der Waals surface area contributed by atoms with Gasteiger partial charge in [0.2, 0.25) is 0 Å². The molecule has 2 aromatic rings. The molecule has 0 unspecified atom stereocenters. The summed E-state index contributed by atoms with van der Waals surface area (Å²) in [5, 5.41) is 7.28. The zero-order chi connectivity index (χ0) is 14.4. The van der Waals surface area contributed by atoms with Crippen molar-refractivity contribution in [3.8, 4) is 5.75 Å². The molecule has 20 heavy (non-hydrogen) atoms. The van der Waals surface area contributed by atoms with Gasteiger partial charge in [0.25, 0.3) is 0 Å². The molecule has 0 aliphatic carbocycles. The Morgan fingerprint density at radius 2 is 2.20 bits per heavy atom. The van der Waals surface area contributed by atoms with Gasteiger partial charge >= 0.3 is 0 Å². The van der Waals surface area contributed by atoms with E-state index in [1.165, 1.54) is 6.07 Å². The van der Waals surface area contributed by atoms with Crippen molar-refractivity contribution in [3.63, 3.8) is 0 Å². The maximum Gasteiger partial charge on any atom is 0.165 e. The second-order valence-electron chi connectivity index (χ2n) is 4.55. The molecule has 0 amide bonds. The Labute approximate surface area is 118 Å². The van der Waals surface area contributed by atoms with Crippen LogP contribution in [0.5, 0.6) is 5.75 Å². The third kappa shape index (κ3) is 3.57. The van der Waals surface area contributed by atoms with Gasteiger partial charge in [-0.1, -0.05) is 19.1 Å². The molecule has 0 aliphatic rings. The van der Waals surface area contributed by atoms with Gasteiger partial charge in [-0.2, -0.15) is 5.10 Å². The first kappa shape index (κ1) is 14.5. The molecule has 0 fully saturated rings. The number of aromatic nitrogens is 2. The third-order valence-electron chi connectivity index (χ3n) is 3.14. The van der Waals surface area contributed by atoms with Crippen LogP contribution in [0.3, 0.4) is 0 Å². The summed E-state index contributed by atoms with van der Waals surface area (Å²) in [7, 11) is 1.88. The van der Waals surface area contributed by atoms with Crippen molar-refractivity contribution < 1.29 is 9.13 Å². The summed E-state index contributed by atoms with van der Waals surface area (Å²) in [4.78, 5) is 0. The number of aryl methyl sites for hydroxylation is 1. The van der Waals surface area contributed by atoms with E-state index < -0.39 is 0 Å². The average Bonchev–Trinajstić information content (AvgIpc) is 2.84. The number of nitrogens with one attached hydrogen (secondary N) is 1. The number of benzene rings is 1. The molecule has 0 atom stereocenters. The molecule has 4 nitrogen and oxygen atoms in total. The number of hydrogen-bond acceptors (Lipinski definition) is 3. The average molecular weight is 277 g/mol. The maximum atomic E-state index is 13.9. The molecule has 0 aliphatic heterocycles. The maximum absolute atomic E-state index is 13.9. The highest BCUT2D eigenvalue weighted by atomic mass is 19.1. The van der Waals surface area contributed by atoms with E-state index in [0.717, 1.165) is 17.8 Å². The van der Waals surface area contributed by atoms with Gasteiger partial charge in [0.05, 0.1) is 6.61 Å². The number of hydrogen-bond donors (Lipinski definition) is 1. The van der Waals surface area contributed by atoms with Crippen LogP contribution < -0.4 is 10.1 Å². The van der Waals surface area contributed by atoms with Gasteiger partial charge in [-0.3, -0.25) is 4.68 Å². The lowest BCUT2D eigenvalue weighted by Gasteiger charge is -2.12. The molecule has 1 aromatic heterocycles. The highest BCUT2D eigenvalue weighted by Gasteiger charge is 2.10. The molecule has 5 heteroatoms. The van der Waals surface area contributed by atoms with Crippen LogP contribution in [0.4, 0.5) is 4.39 Å².